The van der Waals surface area contributed by atoms with Gasteiger partial charge in [0.2, 0.25) is 0 Å². The summed E-state index contributed by atoms with van der Waals surface area (Å²) < 4.78 is 0. The Labute approximate surface area is 124 Å². The zero-order chi connectivity index (χ0) is 13.9. The molecule has 0 bridgehead atoms. The molecule has 3 heterocycles. The molecule has 1 aliphatic rings. The maximum absolute atomic E-state index is 4.58. The number of aromatic nitrogens is 1. The molecular weight excluding hydrogens is 266 g/mol. The average Bonchev–Trinajstić information content (AvgIpc) is 2.95. The zero-order valence-corrected chi connectivity index (χ0v) is 12.9. The lowest BCUT2D eigenvalue weighted by Gasteiger charge is -2.34. The number of fused-ring (bicyclic) bond motifs is 1. The summed E-state index contributed by atoms with van der Waals surface area (Å²) in [7, 11) is 0. The second-order valence-electron chi connectivity index (χ2n) is 5.22. The Bertz CT molecular complexity index is 579. The molecule has 1 unspecified atom stereocenters. The van der Waals surface area contributed by atoms with Crippen molar-refractivity contribution in [2.45, 2.75) is 32.9 Å². The molecule has 3 nitrogen and oxygen atoms in total. The van der Waals surface area contributed by atoms with Crippen LogP contribution < -0.4 is 10.2 Å². The third-order valence-corrected chi connectivity index (χ3v) is 4.96. The van der Waals surface area contributed by atoms with Crippen molar-refractivity contribution in [2.24, 2.45) is 0 Å². The number of hydrogen-bond donors (Lipinski definition) is 1. The SMILES string of the molecule is CCNCc1ccnc(N2CCc3sccc3C2C)c1. The molecule has 0 aliphatic carbocycles. The molecule has 0 saturated carbocycles. The van der Waals surface area contributed by atoms with E-state index in [0.717, 1.165) is 31.9 Å². The largest absolute Gasteiger partial charge is 0.349 e. The Morgan fingerprint density at radius 3 is 3.20 bits per heavy atom. The minimum atomic E-state index is 0.423. The Hall–Kier alpha value is -1.39. The van der Waals surface area contributed by atoms with E-state index in [9.17, 15) is 0 Å². The fourth-order valence-electron chi connectivity index (χ4n) is 2.82. The Morgan fingerprint density at radius 1 is 1.45 bits per heavy atom. The quantitative estimate of drug-likeness (QED) is 0.934. The highest BCUT2D eigenvalue weighted by molar-refractivity contribution is 7.10. The predicted molar refractivity (Wildman–Crippen MR) is 85.4 cm³/mol. The van der Waals surface area contributed by atoms with E-state index in [1.807, 2.05) is 17.5 Å². The summed E-state index contributed by atoms with van der Waals surface area (Å²) in [4.78, 5) is 8.54. The first-order valence-corrected chi connectivity index (χ1v) is 8.16. The summed E-state index contributed by atoms with van der Waals surface area (Å²) in [5.41, 5.74) is 2.78. The molecule has 106 valence electrons. The van der Waals surface area contributed by atoms with Gasteiger partial charge in [0.1, 0.15) is 5.82 Å². The number of hydrogen-bond acceptors (Lipinski definition) is 4. The molecule has 0 aromatic carbocycles. The van der Waals surface area contributed by atoms with E-state index < -0.39 is 0 Å². The molecule has 0 saturated heterocycles. The summed E-state index contributed by atoms with van der Waals surface area (Å²) in [6.07, 6.45) is 3.06. The lowest BCUT2D eigenvalue weighted by molar-refractivity contribution is 0.623. The van der Waals surface area contributed by atoms with Crippen LogP contribution in [0.3, 0.4) is 0 Å². The third-order valence-electron chi connectivity index (χ3n) is 3.96. The Balaban J connectivity index is 1.83. The number of anilines is 1. The van der Waals surface area contributed by atoms with E-state index >= 15 is 0 Å². The van der Waals surface area contributed by atoms with Crippen molar-refractivity contribution in [3.05, 3.63) is 45.8 Å². The smallest absolute Gasteiger partial charge is 0.129 e. The second kappa shape index (κ2) is 5.94. The summed E-state index contributed by atoms with van der Waals surface area (Å²) in [5.74, 6) is 1.10. The molecule has 0 fully saturated rings. The van der Waals surface area contributed by atoms with Crippen LogP contribution in [0.1, 0.15) is 35.9 Å². The lowest BCUT2D eigenvalue weighted by atomic mass is 10.0. The van der Waals surface area contributed by atoms with Crippen LogP contribution in [0, 0.1) is 0 Å². The van der Waals surface area contributed by atoms with Gasteiger partial charge in [-0.1, -0.05) is 6.92 Å². The highest BCUT2D eigenvalue weighted by atomic mass is 32.1. The fourth-order valence-corrected chi connectivity index (χ4v) is 3.78. The molecule has 20 heavy (non-hydrogen) atoms. The fraction of sp³-hybridized carbons (Fsp3) is 0.438. The van der Waals surface area contributed by atoms with Gasteiger partial charge in [0, 0.05) is 24.2 Å². The van der Waals surface area contributed by atoms with Crippen LogP contribution in [0.2, 0.25) is 0 Å². The molecule has 2 aromatic heterocycles. The minimum Gasteiger partial charge on any atom is -0.349 e. The van der Waals surface area contributed by atoms with Gasteiger partial charge >= 0.3 is 0 Å². The number of rotatable bonds is 4. The summed E-state index contributed by atoms with van der Waals surface area (Å²) in [5, 5.41) is 5.58. The molecule has 0 radical (unpaired) electrons. The lowest BCUT2D eigenvalue weighted by Crippen LogP contribution is -2.33. The Morgan fingerprint density at radius 2 is 2.35 bits per heavy atom. The second-order valence-corrected chi connectivity index (χ2v) is 6.22. The van der Waals surface area contributed by atoms with Gasteiger partial charge in [-0.3, -0.25) is 0 Å². The van der Waals surface area contributed by atoms with Gasteiger partial charge in [0.25, 0.3) is 0 Å². The Kier molecular flexibility index (Phi) is 4.03. The van der Waals surface area contributed by atoms with E-state index in [1.165, 1.54) is 16.0 Å². The molecule has 1 N–H and O–H groups in total. The highest BCUT2D eigenvalue weighted by Crippen LogP contribution is 2.35. The number of thiophene rings is 1. The van der Waals surface area contributed by atoms with Crippen molar-refractivity contribution in [2.75, 3.05) is 18.0 Å². The monoisotopic (exact) mass is 287 g/mol. The maximum atomic E-state index is 4.58. The predicted octanol–water partition coefficient (Wildman–Crippen LogP) is 3.38. The van der Waals surface area contributed by atoms with Crippen molar-refractivity contribution in [3.63, 3.8) is 0 Å². The molecule has 0 amide bonds. The van der Waals surface area contributed by atoms with E-state index in [2.05, 4.69) is 52.6 Å². The molecular formula is C16H21N3S. The van der Waals surface area contributed by atoms with Crippen LogP contribution in [0.15, 0.2) is 29.8 Å². The van der Waals surface area contributed by atoms with Crippen LogP contribution in [-0.2, 0) is 13.0 Å². The van der Waals surface area contributed by atoms with Crippen molar-refractivity contribution in [1.29, 1.82) is 0 Å². The van der Waals surface area contributed by atoms with Gasteiger partial charge in [-0.25, -0.2) is 4.98 Å². The normalized spacial score (nSPS) is 18.1. The molecule has 0 spiro atoms. The van der Waals surface area contributed by atoms with E-state index in [1.54, 1.807) is 0 Å². The van der Waals surface area contributed by atoms with Gasteiger partial charge in [-0.15, -0.1) is 11.3 Å². The van der Waals surface area contributed by atoms with Crippen LogP contribution in [0.25, 0.3) is 0 Å². The van der Waals surface area contributed by atoms with Crippen LogP contribution in [0.4, 0.5) is 5.82 Å². The minimum absolute atomic E-state index is 0.423. The maximum Gasteiger partial charge on any atom is 0.129 e. The molecule has 4 heteroatoms. The van der Waals surface area contributed by atoms with Crippen molar-refractivity contribution < 1.29 is 0 Å². The zero-order valence-electron chi connectivity index (χ0n) is 12.1. The highest BCUT2D eigenvalue weighted by Gasteiger charge is 2.25. The third kappa shape index (κ3) is 2.58. The van der Waals surface area contributed by atoms with E-state index in [0.29, 0.717) is 6.04 Å². The van der Waals surface area contributed by atoms with Crippen LogP contribution in [0.5, 0.6) is 0 Å². The standard InChI is InChI=1S/C16H21N3S/c1-3-17-11-13-4-7-18-16(10-13)19-8-5-15-14(12(19)2)6-9-20-15/h4,6-7,9-10,12,17H,3,5,8,11H2,1-2H3. The van der Waals surface area contributed by atoms with Crippen molar-refractivity contribution in [3.8, 4) is 0 Å². The summed E-state index contributed by atoms with van der Waals surface area (Å²) >= 11 is 1.88. The summed E-state index contributed by atoms with van der Waals surface area (Å²) in [6, 6.07) is 7.00. The summed E-state index contributed by atoms with van der Waals surface area (Å²) in [6.45, 7) is 7.39. The molecule has 2 aromatic rings. The van der Waals surface area contributed by atoms with Gasteiger partial charge < -0.3 is 10.2 Å². The number of nitrogens with one attached hydrogen (secondary N) is 1. The first kappa shape index (κ1) is 13.6. The molecule has 1 atom stereocenters. The number of pyridine rings is 1. The molecule has 3 rings (SSSR count). The van der Waals surface area contributed by atoms with Crippen molar-refractivity contribution >= 4 is 17.2 Å². The van der Waals surface area contributed by atoms with Crippen LogP contribution in [-0.4, -0.2) is 18.1 Å². The van der Waals surface area contributed by atoms with Gasteiger partial charge in [0.05, 0.1) is 6.04 Å². The average molecular weight is 287 g/mol. The van der Waals surface area contributed by atoms with Gasteiger partial charge in [0.15, 0.2) is 0 Å². The first-order valence-electron chi connectivity index (χ1n) is 7.28. The number of nitrogens with zero attached hydrogens (tertiary/aromatic N) is 2. The van der Waals surface area contributed by atoms with E-state index in [4.69, 9.17) is 0 Å². The molecule has 1 aliphatic heterocycles. The van der Waals surface area contributed by atoms with Gasteiger partial charge in [-0.05, 0) is 54.6 Å². The topological polar surface area (TPSA) is 28.2 Å². The van der Waals surface area contributed by atoms with Crippen LogP contribution >= 0.6 is 11.3 Å². The van der Waals surface area contributed by atoms with Gasteiger partial charge in [-0.2, -0.15) is 0 Å². The van der Waals surface area contributed by atoms with E-state index in [-0.39, 0.29) is 0 Å². The first-order chi connectivity index (χ1) is 9.79. The van der Waals surface area contributed by atoms with Crippen molar-refractivity contribution in [1.82, 2.24) is 10.3 Å².